The van der Waals surface area contributed by atoms with Crippen LogP contribution in [-0.2, 0) is 19.5 Å². The van der Waals surface area contributed by atoms with Crippen molar-refractivity contribution in [3.63, 3.8) is 0 Å². The molecule has 2 heterocycles. The molecule has 7 heteroatoms. The summed E-state index contributed by atoms with van der Waals surface area (Å²) in [6.45, 7) is 7.34. The average molecular weight is 471 g/mol. The van der Waals surface area contributed by atoms with E-state index in [-0.39, 0.29) is 18.4 Å². The Morgan fingerprint density at radius 2 is 1.76 bits per heavy atom. The Labute approximate surface area is 197 Å². The van der Waals surface area contributed by atoms with E-state index >= 15 is 0 Å². The van der Waals surface area contributed by atoms with Gasteiger partial charge in [0.2, 0.25) is 5.90 Å². The predicted molar refractivity (Wildman–Crippen MR) is 132 cm³/mol. The van der Waals surface area contributed by atoms with Gasteiger partial charge in [0.15, 0.2) is 4.75 Å². The van der Waals surface area contributed by atoms with Gasteiger partial charge in [0.05, 0.1) is 0 Å². The van der Waals surface area contributed by atoms with Crippen LogP contribution in [0.25, 0.3) is 0 Å². The smallest absolute Gasteiger partial charge is 0.269 e. The van der Waals surface area contributed by atoms with E-state index in [0.29, 0.717) is 18.4 Å². The third-order valence-corrected chi connectivity index (χ3v) is 9.50. The number of benzene rings is 2. The monoisotopic (exact) mass is 470 g/mol. The molecule has 0 aliphatic carbocycles. The number of hydrogen-bond acceptors (Lipinski definition) is 5. The third-order valence-electron chi connectivity index (χ3n) is 7.30. The topological polar surface area (TPSA) is 79.2 Å². The van der Waals surface area contributed by atoms with E-state index in [1.54, 1.807) is 6.92 Å². The van der Waals surface area contributed by atoms with E-state index in [0.717, 1.165) is 37.2 Å². The molecule has 33 heavy (non-hydrogen) atoms. The quantitative estimate of drug-likeness (QED) is 0.640. The van der Waals surface area contributed by atoms with Crippen molar-refractivity contribution >= 4 is 21.6 Å². The van der Waals surface area contributed by atoms with Crippen LogP contribution in [0.15, 0.2) is 59.0 Å². The zero-order valence-corrected chi connectivity index (χ0v) is 20.5. The summed E-state index contributed by atoms with van der Waals surface area (Å²) in [4.78, 5) is 2.30. The zero-order chi connectivity index (χ0) is 23.7. The number of sulfonamides is 1. The summed E-state index contributed by atoms with van der Waals surface area (Å²) in [5.74, 6) is 0.124. The standard InChI is InChI=1S/C26H34N2O4S/c1-25(2)26(3,22-12-9-13-23(19-22)28-15-7-8-16-28)33(30,31)27-24(32-25)18-21(14-17-29)20-10-5-4-6-11-20/h4-6,9-13,19,21,29H,7-8,14-18H2,1-3H3/t21-,26?/m1/s1. The van der Waals surface area contributed by atoms with Crippen molar-refractivity contribution in [3.8, 4) is 0 Å². The summed E-state index contributed by atoms with van der Waals surface area (Å²) in [6.07, 6.45) is 3.12. The number of anilines is 1. The fourth-order valence-corrected chi connectivity index (χ4v) is 6.63. The molecule has 2 aliphatic rings. The second kappa shape index (κ2) is 9.11. The van der Waals surface area contributed by atoms with Gasteiger partial charge >= 0.3 is 0 Å². The molecule has 1 fully saturated rings. The molecular weight excluding hydrogens is 436 g/mol. The Bertz CT molecular complexity index is 1110. The highest BCUT2D eigenvalue weighted by molar-refractivity contribution is 7.91. The van der Waals surface area contributed by atoms with Gasteiger partial charge in [0, 0.05) is 31.8 Å². The maximum absolute atomic E-state index is 13.7. The molecule has 2 aliphatic heterocycles. The van der Waals surface area contributed by atoms with Gasteiger partial charge < -0.3 is 14.7 Å². The van der Waals surface area contributed by atoms with E-state index < -0.39 is 20.4 Å². The van der Waals surface area contributed by atoms with Crippen LogP contribution in [-0.4, -0.2) is 44.7 Å². The van der Waals surface area contributed by atoms with Gasteiger partial charge in [0.1, 0.15) is 5.60 Å². The molecule has 0 radical (unpaired) electrons. The van der Waals surface area contributed by atoms with Crippen LogP contribution in [0, 0.1) is 0 Å². The molecule has 2 atom stereocenters. The van der Waals surface area contributed by atoms with Crippen LogP contribution in [0.2, 0.25) is 0 Å². The molecular formula is C26H34N2O4S. The summed E-state index contributed by atoms with van der Waals surface area (Å²) in [6, 6.07) is 17.6. The highest BCUT2D eigenvalue weighted by atomic mass is 32.2. The highest BCUT2D eigenvalue weighted by Gasteiger charge is 2.58. The van der Waals surface area contributed by atoms with Crippen molar-refractivity contribution in [2.24, 2.45) is 4.40 Å². The minimum absolute atomic E-state index is 0.00396. The first-order valence-electron chi connectivity index (χ1n) is 11.7. The highest BCUT2D eigenvalue weighted by Crippen LogP contribution is 2.47. The Kier molecular flexibility index (Phi) is 6.56. The van der Waals surface area contributed by atoms with Crippen LogP contribution in [0.3, 0.4) is 0 Å². The largest absolute Gasteiger partial charge is 0.472 e. The molecule has 2 aromatic rings. The second-order valence-corrected chi connectivity index (χ2v) is 11.6. The fourth-order valence-electron chi connectivity index (χ4n) is 4.98. The van der Waals surface area contributed by atoms with E-state index in [4.69, 9.17) is 4.74 Å². The van der Waals surface area contributed by atoms with Gasteiger partial charge in [0.25, 0.3) is 10.0 Å². The summed E-state index contributed by atoms with van der Waals surface area (Å²) < 4.78 is 36.6. The summed E-state index contributed by atoms with van der Waals surface area (Å²) in [7, 11) is -3.93. The van der Waals surface area contributed by atoms with Crippen molar-refractivity contribution < 1.29 is 18.3 Å². The minimum atomic E-state index is -3.93. The maximum atomic E-state index is 13.7. The van der Waals surface area contributed by atoms with Crippen LogP contribution < -0.4 is 4.90 Å². The SMILES string of the molecule is CC1(C)OC(C[C@@H](CCO)c2ccccc2)=NS(=O)(=O)C1(C)c1cccc(N2CCCC2)c1. The van der Waals surface area contributed by atoms with Gasteiger partial charge in [-0.2, -0.15) is 0 Å². The molecule has 178 valence electrons. The van der Waals surface area contributed by atoms with Gasteiger partial charge in [-0.1, -0.05) is 42.5 Å². The fraction of sp³-hybridized carbons (Fsp3) is 0.500. The molecule has 6 nitrogen and oxygen atoms in total. The maximum Gasteiger partial charge on any atom is 0.269 e. The van der Waals surface area contributed by atoms with Crippen LogP contribution >= 0.6 is 0 Å². The summed E-state index contributed by atoms with van der Waals surface area (Å²) in [5.41, 5.74) is 1.72. The Balaban J connectivity index is 1.69. The van der Waals surface area contributed by atoms with E-state index in [1.165, 1.54) is 0 Å². The number of aliphatic hydroxyl groups is 1. The molecule has 0 saturated carbocycles. The normalized spacial score (nSPS) is 24.7. The van der Waals surface area contributed by atoms with Gasteiger partial charge in [-0.05, 0) is 69.2 Å². The van der Waals surface area contributed by atoms with Crippen molar-refractivity contribution in [1.82, 2.24) is 0 Å². The lowest BCUT2D eigenvalue weighted by Crippen LogP contribution is -2.56. The average Bonchev–Trinajstić information content (AvgIpc) is 3.32. The molecule has 2 aromatic carbocycles. The van der Waals surface area contributed by atoms with E-state index in [2.05, 4.69) is 9.30 Å². The molecule has 0 spiro atoms. The molecule has 0 amide bonds. The number of nitrogens with zero attached hydrogens (tertiary/aromatic N) is 2. The molecule has 0 bridgehead atoms. The van der Waals surface area contributed by atoms with E-state index in [1.807, 2.05) is 68.4 Å². The van der Waals surface area contributed by atoms with E-state index in [9.17, 15) is 13.5 Å². The first kappa shape index (κ1) is 23.8. The zero-order valence-electron chi connectivity index (χ0n) is 19.7. The Hall–Kier alpha value is -2.38. The van der Waals surface area contributed by atoms with Crippen molar-refractivity contribution in [2.45, 2.75) is 62.7 Å². The third kappa shape index (κ3) is 4.41. The predicted octanol–water partition coefficient (Wildman–Crippen LogP) is 4.60. The molecule has 1 N–H and O–H groups in total. The van der Waals surface area contributed by atoms with Crippen molar-refractivity contribution in [1.29, 1.82) is 0 Å². The summed E-state index contributed by atoms with van der Waals surface area (Å²) in [5, 5.41) is 9.58. The number of hydrogen-bond donors (Lipinski definition) is 1. The molecule has 1 saturated heterocycles. The van der Waals surface area contributed by atoms with Crippen LogP contribution in [0.5, 0.6) is 0 Å². The molecule has 1 unspecified atom stereocenters. The first-order chi connectivity index (χ1) is 15.7. The summed E-state index contributed by atoms with van der Waals surface area (Å²) >= 11 is 0. The van der Waals surface area contributed by atoms with Crippen molar-refractivity contribution in [3.05, 3.63) is 65.7 Å². The number of ether oxygens (including phenoxy) is 1. The van der Waals surface area contributed by atoms with Gasteiger partial charge in [-0.25, -0.2) is 8.42 Å². The minimum Gasteiger partial charge on any atom is -0.472 e. The van der Waals surface area contributed by atoms with Gasteiger partial charge in [-0.3, -0.25) is 0 Å². The first-order valence-corrected chi connectivity index (χ1v) is 13.2. The van der Waals surface area contributed by atoms with Crippen molar-refractivity contribution in [2.75, 3.05) is 24.6 Å². The van der Waals surface area contributed by atoms with Gasteiger partial charge in [-0.15, -0.1) is 4.40 Å². The lowest BCUT2D eigenvalue weighted by molar-refractivity contribution is 0.0424. The number of aliphatic hydroxyl groups excluding tert-OH is 1. The van der Waals surface area contributed by atoms with Crippen LogP contribution in [0.4, 0.5) is 5.69 Å². The lowest BCUT2D eigenvalue weighted by atomic mass is 9.84. The van der Waals surface area contributed by atoms with Crippen LogP contribution in [0.1, 0.15) is 63.5 Å². The second-order valence-electron chi connectivity index (χ2n) is 9.67. The Morgan fingerprint density at radius 3 is 2.39 bits per heavy atom. The lowest BCUT2D eigenvalue weighted by Gasteiger charge is -2.45. The number of rotatable bonds is 7. The Morgan fingerprint density at radius 1 is 1.06 bits per heavy atom. The molecule has 4 rings (SSSR count). The molecule has 0 aromatic heterocycles.